The molecule has 0 fully saturated rings. The van der Waals surface area contributed by atoms with Gasteiger partial charge in [0.15, 0.2) is 5.78 Å². The Bertz CT molecular complexity index is 1700. The van der Waals surface area contributed by atoms with Crippen molar-refractivity contribution in [2.75, 3.05) is 0 Å². The number of nitrogens with zero attached hydrogens (tertiary/aromatic N) is 1. The molecular formula is C30H22IrNO2S-. The largest absolute Gasteiger partial charge is 0.512 e. The molecule has 0 unspecified atom stereocenters. The predicted octanol–water partition coefficient (Wildman–Crippen LogP) is 8.26. The minimum atomic E-state index is -0.125. The van der Waals surface area contributed by atoms with Gasteiger partial charge >= 0.3 is 0 Å². The smallest absolute Gasteiger partial charge is 0.155 e. The molecule has 0 saturated carbocycles. The summed E-state index contributed by atoms with van der Waals surface area (Å²) < 4.78 is 2.57. The average Bonchev–Trinajstić information content (AvgIpc) is 3.24. The van der Waals surface area contributed by atoms with Crippen LogP contribution < -0.4 is 0 Å². The van der Waals surface area contributed by atoms with Crippen LogP contribution in [0.2, 0.25) is 0 Å². The Labute approximate surface area is 221 Å². The first kappa shape index (κ1) is 24.7. The van der Waals surface area contributed by atoms with Crippen LogP contribution in [-0.2, 0) is 24.9 Å². The van der Waals surface area contributed by atoms with E-state index in [9.17, 15) is 4.79 Å². The molecule has 0 aliphatic rings. The molecule has 0 bridgehead atoms. The maximum Gasteiger partial charge on any atom is 0.155 e. The zero-order valence-electron chi connectivity index (χ0n) is 19.2. The van der Waals surface area contributed by atoms with Crippen LogP contribution in [0.25, 0.3) is 53.1 Å². The quantitative estimate of drug-likeness (QED) is 0.116. The van der Waals surface area contributed by atoms with Gasteiger partial charge in [0.1, 0.15) is 0 Å². The minimum Gasteiger partial charge on any atom is -0.512 e. The van der Waals surface area contributed by atoms with Gasteiger partial charge < -0.3 is 5.11 Å². The van der Waals surface area contributed by atoms with Crippen LogP contribution in [0.1, 0.15) is 13.8 Å². The third kappa shape index (κ3) is 4.89. The maximum atomic E-state index is 10.0. The van der Waals surface area contributed by atoms with Gasteiger partial charge in [-0.1, -0.05) is 54.6 Å². The van der Waals surface area contributed by atoms with E-state index in [4.69, 9.17) is 10.1 Å². The van der Waals surface area contributed by atoms with Gasteiger partial charge in [-0.05, 0) is 30.7 Å². The zero-order chi connectivity index (χ0) is 23.7. The van der Waals surface area contributed by atoms with Crippen molar-refractivity contribution >= 4 is 59.0 Å². The van der Waals surface area contributed by atoms with E-state index in [-0.39, 0.29) is 31.6 Å². The fourth-order valence-electron chi connectivity index (χ4n) is 4.23. The molecule has 0 saturated heterocycles. The van der Waals surface area contributed by atoms with E-state index in [2.05, 4.69) is 78.9 Å². The van der Waals surface area contributed by atoms with Gasteiger partial charge in [-0.3, -0.25) is 9.78 Å². The molecule has 175 valence electrons. The van der Waals surface area contributed by atoms with Crippen molar-refractivity contribution in [3.63, 3.8) is 0 Å². The molecule has 0 aliphatic heterocycles. The summed E-state index contributed by atoms with van der Waals surface area (Å²) >= 11 is 1.84. The molecule has 0 atom stereocenters. The van der Waals surface area contributed by atoms with Gasteiger partial charge in [-0.15, -0.1) is 47.2 Å². The third-order valence-electron chi connectivity index (χ3n) is 5.58. The molecule has 1 radical (unpaired) electrons. The number of aliphatic hydroxyl groups is 1. The SMILES string of the molecule is CC(=O)/C=C(/C)O.[Ir].[c-]1ccccc1-c1nc2ccccc2c2c1sc1c3ccccc3ccc12. The van der Waals surface area contributed by atoms with Crippen molar-refractivity contribution in [1.29, 1.82) is 0 Å². The predicted molar refractivity (Wildman–Crippen MR) is 143 cm³/mol. The molecule has 2 heterocycles. The second-order valence-corrected chi connectivity index (χ2v) is 9.14. The number of para-hydroxylation sites is 1. The molecule has 6 rings (SSSR count). The number of pyridine rings is 1. The Balaban J connectivity index is 0.000000320. The zero-order valence-corrected chi connectivity index (χ0v) is 22.4. The molecule has 3 nitrogen and oxygen atoms in total. The van der Waals surface area contributed by atoms with Crippen LogP contribution in [0.5, 0.6) is 0 Å². The summed E-state index contributed by atoms with van der Waals surface area (Å²) in [4.78, 5) is 15.0. The Kier molecular flexibility index (Phi) is 7.42. The maximum absolute atomic E-state index is 10.0. The van der Waals surface area contributed by atoms with Gasteiger partial charge in [0, 0.05) is 57.4 Å². The second kappa shape index (κ2) is 10.5. The summed E-state index contributed by atoms with van der Waals surface area (Å²) in [5.74, 6) is -0.0625. The Morgan fingerprint density at radius 1 is 0.857 bits per heavy atom. The monoisotopic (exact) mass is 653 g/mol. The van der Waals surface area contributed by atoms with Crippen molar-refractivity contribution < 1.29 is 30.0 Å². The fourth-order valence-corrected chi connectivity index (χ4v) is 5.58. The summed E-state index contributed by atoms with van der Waals surface area (Å²) in [6.45, 7) is 2.85. The Morgan fingerprint density at radius 2 is 1.57 bits per heavy atom. The van der Waals surface area contributed by atoms with Crippen LogP contribution in [-0.4, -0.2) is 15.9 Å². The van der Waals surface area contributed by atoms with E-state index in [0.717, 1.165) is 16.8 Å². The standard InChI is InChI=1S/C25H14NS.C5H8O2.Ir/c1-2-9-17(10-3-1)23-25-22(19-12-6-7-13-21(19)26-23)20-15-14-16-8-4-5-11-18(16)24(20)27-25;1-4(6)3-5(2)7;/h1-9,11-15H;3,6H,1-2H3;/q-1;;/b;4-3-;. The summed E-state index contributed by atoms with van der Waals surface area (Å²) in [5.41, 5.74) is 3.10. The van der Waals surface area contributed by atoms with Gasteiger partial charge in [0.25, 0.3) is 0 Å². The van der Waals surface area contributed by atoms with Crippen LogP contribution in [0.15, 0.2) is 96.8 Å². The van der Waals surface area contributed by atoms with Crippen LogP contribution in [0, 0.1) is 6.07 Å². The Morgan fingerprint density at radius 3 is 2.26 bits per heavy atom. The fraction of sp³-hybridized carbons (Fsp3) is 0.0667. The third-order valence-corrected chi connectivity index (χ3v) is 6.82. The molecule has 5 heteroatoms. The second-order valence-electron chi connectivity index (χ2n) is 8.12. The first-order valence-electron chi connectivity index (χ1n) is 11.0. The molecule has 1 N–H and O–H groups in total. The number of aromatic nitrogens is 1. The van der Waals surface area contributed by atoms with Crippen LogP contribution in [0.4, 0.5) is 0 Å². The average molecular weight is 653 g/mol. The molecule has 4 aromatic carbocycles. The molecule has 0 amide bonds. The normalized spacial score (nSPS) is 11.3. The van der Waals surface area contributed by atoms with E-state index >= 15 is 0 Å². The number of allylic oxidation sites excluding steroid dienone is 2. The first-order chi connectivity index (χ1) is 16.5. The van der Waals surface area contributed by atoms with Crippen molar-refractivity contribution in [2.24, 2.45) is 0 Å². The molecule has 35 heavy (non-hydrogen) atoms. The van der Waals surface area contributed by atoms with Crippen LogP contribution in [0.3, 0.4) is 0 Å². The summed E-state index contributed by atoms with van der Waals surface area (Å²) in [7, 11) is 0. The topological polar surface area (TPSA) is 50.2 Å². The molecule has 0 spiro atoms. The van der Waals surface area contributed by atoms with Crippen LogP contribution >= 0.6 is 11.3 Å². The Hall–Kier alpha value is -3.37. The molecule has 2 aromatic heterocycles. The van der Waals surface area contributed by atoms with Crippen molar-refractivity contribution in [3.05, 3.63) is 103 Å². The van der Waals surface area contributed by atoms with E-state index in [0.29, 0.717) is 0 Å². The number of benzene rings is 4. The summed E-state index contributed by atoms with van der Waals surface area (Å²) in [6.07, 6.45) is 1.17. The van der Waals surface area contributed by atoms with E-state index < -0.39 is 0 Å². The number of hydrogen-bond acceptors (Lipinski definition) is 4. The van der Waals surface area contributed by atoms with Crippen molar-refractivity contribution in [2.45, 2.75) is 13.8 Å². The number of rotatable bonds is 2. The number of fused-ring (bicyclic) bond motifs is 7. The van der Waals surface area contributed by atoms with E-state index in [1.807, 2.05) is 23.5 Å². The number of hydrogen-bond donors (Lipinski definition) is 1. The molecule has 6 aromatic rings. The van der Waals surface area contributed by atoms with Gasteiger partial charge in [0.2, 0.25) is 0 Å². The number of carbonyl (C=O) groups is 1. The van der Waals surface area contributed by atoms with E-state index in [1.165, 1.54) is 56.3 Å². The summed E-state index contributed by atoms with van der Waals surface area (Å²) in [5, 5.41) is 14.8. The minimum absolute atomic E-state index is 0. The van der Waals surface area contributed by atoms with Crippen molar-refractivity contribution in [1.82, 2.24) is 4.98 Å². The number of ketones is 1. The van der Waals surface area contributed by atoms with Gasteiger partial charge in [0.05, 0.1) is 11.3 Å². The number of carbonyl (C=O) groups excluding carboxylic acids is 1. The number of aliphatic hydroxyl groups excluding tert-OH is 1. The molecular weight excluding hydrogens is 631 g/mol. The first-order valence-corrected chi connectivity index (χ1v) is 11.8. The van der Waals surface area contributed by atoms with E-state index in [1.54, 1.807) is 0 Å². The summed E-state index contributed by atoms with van der Waals surface area (Å²) in [6, 6.07) is 33.0. The van der Waals surface area contributed by atoms with Gasteiger partial charge in [-0.25, -0.2) is 0 Å². The molecule has 0 aliphatic carbocycles. The van der Waals surface area contributed by atoms with Gasteiger partial charge in [-0.2, -0.15) is 0 Å². The van der Waals surface area contributed by atoms with Crippen molar-refractivity contribution in [3.8, 4) is 11.3 Å². The number of thiophene rings is 1.